The summed E-state index contributed by atoms with van der Waals surface area (Å²) in [4.78, 5) is 0. The van der Waals surface area contributed by atoms with Crippen molar-refractivity contribution in [2.24, 2.45) is 15.5 Å². The number of nitrogens with zero attached hydrogens (tertiary/aromatic N) is 4. The van der Waals surface area contributed by atoms with Crippen LogP contribution < -0.4 is 5.43 Å². The van der Waals surface area contributed by atoms with Crippen molar-refractivity contribution in [1.29, 1.82) is 0 Å². The molecule has 0 saturated carbocycles. The summed E-state index contributed by atoms with van der Waals surface area (Å²) in [7, 11) is 0. The van der Waals surface area contributed by atoms with Gasteiger partial charge in [-0.25, -0.2) is 0 Å². The van der Waals surface area contributed by atoms with Gasteiger partial charge in [-0.1, -0.05) is 30.3 Å². The molecule has 1 aromatic rings. The van der Waals surface area contributed by atoms with E-state index in [4.69, 9.17) is 0 Å². The average molecular weight is 173 g/mol. The van der Waals surface area contributed by atoms with Crippen LogP contribution in [0.4, 0.5) is 0 Å². The van der Waals surface area contributed by atoms with Gasteiger partial charge in [0.25, 0.3) is 0 Å². The van der Waals surface area contributed by atoms with Gasteiger partial charge < -0.3 is 0 Å². The lowest BCUT2D eigenvalue weighted by molar-refractivity contribution is 0.899. The van der Waals surface area contributed by atoms with E-state index in [2.05, 4.69) is 33.1 Å². The number of rotatable bonds is 3. The van der Waals surface area contributed by atoms with Crippen LogP contribution in [0.15, 0.2) is 45.9 Å². The second kappa shape index (κ2) is 3.80. The lowest BCUT2D eigenvalue weighted by Gasteiger charge is -1.97. The topological polar surface area (TPSA) is 51.2 Å². The number of hydrogen-bond acceptors (Lipinski definition) is 3. The van der Waals surface area contributed by atoms with E-state index in [1.807, 2.05) is 18.2 Å². The van der Waals surface area contributed by atoms with Crippen LogP contribution >= 0.6 is 0 Å². The van der Waals surface area contributed by atoms with Gasteiger partial charge in [-0.3, -0.25) is 0 Å². The summed E-state index contributed by atoms with van der Waals surface area (Å²) < 4.78 is 0. The molecule has 0 aliphatic carbocycles. The first-order valence-electron chi connectivity index (χ1n) is 4.17. The Morgan fingerprint density at radius 1 is 0.923 bits per heavy atom. The Labute approximate surface area is 76.4 Å². The van der Waals surface area contributed by atoms with Crippen LogP contribution in [0.5, 0.6) is 0 Å². The minimum atomic E-state index is 0.712. The van der Waals surface area contributed by atoms with Gasteiger partial charge in [0.2, 0.25) is 0 Å². The van der Waals surface area contributed by atoms with Gasteiger partial charge in [0.05, 0.1) is 0 Å². The molecule has 13 heavy (non-hydrogen) atoms. The van der Waals surface area contributed by atoms with Crippen LogP contribution in [-0.2, 0) is 6.42 Å². The van der Waals surface area contributed by atoms with Gasteiger partial charge >= 0.3 is 0 Å². The summed E-state index contributed by atoms with van der Waals surface area (Å²) in [6.07, 6.45) is 1.74. The Balaban J connectivity index is 1.87. The smallest absolute Gasteiger partial charge is 0.111 e. The molecule has 0 fully saturated rings. The van der Waals surface area contributed by atoms with Crippen molar-refractivity contribution in [1.82, 2.24) is 5.43 Å². The molecule has 1 aliphatic rings. The Hall–Kier alpha value is -1.71. The van der Waals surface area contributed by atoms with Crippen molar-refractivity contribution in [3.05, 3.63) is 35.9 Å². The predicted octanol–water partition coefficient (Wildman–Crippen LogP) is 1.92. The molecule has 4 nitrogen and oxygen atoms in total. The van der Waals surface area contributed by atoms with Crippen molar-refractivity contribution in [3.63, 3.8) is 0 Å². The maximum absolute atomic E-state index is 3.76. The van der Waals surface area contributed by atoms with E-state index >= 15 is 0 Å². The van der Waals surface area contributed by atoms with Crippen molar-refractivity contribution >= 4 is 5.84 Å². The van der Waals surface area contributed by atoms with E-state index in [0.717, 1.165) is 12.8 Å². The number of aryl methyl sites for hydroxylation is 1. The van der Waals surface area contributed by atoms with Gasteiger partial charge in [-0.05, 0) is 22.4 Å². The van der Waals surface area contributed by atoms with Gasteiger partial charge in [0.15, 0.2) is 5.84 Å². The van der Waals surface area contributed by atoms with Gasteiger partial charge in [-0.15, -0.1) is 10.5 Å². The highest BCUT2D eigenvalue weighted by Crippen LogP contribution is 2.04. The van der Waals surface area contributed by atoms with Crippen molar-refractivity contribution in [3.8, 4) is 0 Å². The summed E-state index contributed by atoms with van der Waals surface area (Å²) in [5.74, 6) is 0.712. The zero-order valence-corrected chi connectivity index (χ0v) is 7.09. The van der Waals surface area contributed by atoms with E-state index in [0.29, 0.717) is 5.84 Å². The molecule has 1 heterocycles. The molecular formula is C9H9N4. The standard InChI is InChI=1S/C9H9N4/c1-2-4-8(5-3-1)6-7-9-10-12-13-11-9/h1-5H,6-7H2. The fourth-order valence-corrected chi connectivity index (χ4v) is 1.16. The molecule has 0 amide bonds. The minimum absolute atomic E-state index is 0.712. The number of hydrogen-bond donors (Lipinski definition) is 0. The second-order valence-corrected chi connectivity index (χ2v) is 2.78. The van der Waals surface area contributed by atoms with E-state index in [1.165, 1.54) is 5.56 Å². The molecule has 0 unspecified atom stereocenters. The molecule has 0 atom stereocenters. The summed E-state index contributed by atoms with van der Waals surface area (Å²) in [6.45, 7) is 0. The lowest BCUT2D eigenvalue weighted by atomic mass is 10.1. The SMILES string of the molecule is c1ccc(CCC2=NN=N[N]2)cc1. The maximum Gasteiger partial charge on any atom is 0.177 e. The van der Waals surface area contributed by atoms with Crippen molar-refractivity contribution in [2.75, 3.05) is 0 Å². The molecule has 2 rings (SSSR count). The third kappa shape index (κ3) is 2.11. The fraction of sp³-hybridized carbons (Fsp3) is 0.222. The fourth-order valence-electron chi connectivity index (χ4n) is 1.16. The molecule has 1 aromatic carbocycles. The zero-order valence-electron chi connectivity index (χ0n) is 7.09. The summed E-state index contributed by atoms with van der Waals surface area (Å²) in [6, 6.07) is 10.2. The van der Waals surface area contributed by atoms with Crippen molar-refractivity contribution in [2.45, 2.75) is 12.8 Å². The predicted molar refractivity (Wildman–Crippen MR) is 49.2 cm³/mol. The first kappa shape index (κ1) is 7.91. The van der Waals surface area contributed by atoms with Gasteiger partial charge in [-0.2, -0.15) is 0 Å². The normalized spacial score (nSPS) is 14.0. The quantitative estimate of drug-likeness (QED) is 0.670. The highest BCUT2D eigenvalue weighted by molar-refractivity contribution is 5.82. The molecule has 1 radical (unpaired) electrons. The first-order chi connectivity index (χ1) is 6.45. The molecular weight excluding hydrogens is 164 g/mol. The summed E-state index contributed by atoms with van der Waals surface area (Å²) in [5.41, 5.74) is 5.04. The van der Waals surface area contributed by atoms with Crippen LogP contribution in [-0.4, -0.2) is 5.84 Å². The van der Waals surface area contributed by atoms with Crippen LogP contribution in [0, 0.1) is 0 Å². The Kier molecular flexibility index (Phi) is 2.31. The Morgan fingerprint density at radius 3 is 2.46 bits per heavy atom. The molecule has 0 N–H and O–H groups in total. The van der Waals surface area contributed by atoms with Crippen molar-refractivity contribution < 1.29 is 0 Å². The molecule has 1 aliphatic heterocycles. The van der Waals surface area contributed by atoms with E-state index in [1.54, 1.807) is 0 Å². The molecule has 0 saturated heterocycles. The number of amidine groups is 1. The zero-order chi connectivity index (χ0) is 8.93. The van der Waals surface area contributed by atoms with Crippen LogP contribution in [0.25, 0.3) is 0 Å². The van der Waals surface area contributed by atoms with Crippen LogP contribution in [0.2, 0.25) is 0 Å². The highest BCUT2D eigenvalue weighted by atomic mass is 15.6. The van der Waals surface area contributed by atoms with Gasteiger partial charge in [0.1, 0.15) is 0 Å². The van der Waals surface area contributed by atoms with Crippen LogP contribution in [0.1, 0.15) is 12.0 Å². The molecule has 0 spiro atoms. The largest absolute Gasteiger partial charge is 0.177 e. The Morgan fingerprint density at radius 2 is 1.77 bits per heavy atom. The third-order valence-corrected chi connectivity index (χ3v) is 1.84. The third-order valence-electron chi connectivity index (χ3n) is 1.84. The highest BCUT2D eigenvalue weighted by Gasteiger charge is 2.05. The van der Waals surface area contributed by atoms with E-state index in [-0.39, 0.29) is 0 Å². The van der Waals surface area contributed by atoms with Gasteiger partial charge in [0, 0.05) is 6.42 Å². The lowest BCUT2D eigenvalue weighted by Crippen LogP contribution is -2.06. The van der Waals surface area contributed by atoms with E-state index in [9.17, 15) is 0 Å². The number of benzene rings is 1. The molecule has 0 aromatic heterocycles. The summed E-state index contributed by atoms with van der Waals surface area (Å²) >= 11 is 0. The molecule has 65 valence electrons. The summed E-state index contributed by atoms with van der Waals surface area (Å²) in [5, 5.41) is 10.6. The maximum atomic E-state index is 3.76. The molecule has 0 bridgehead atoms. The minimum Gasteiger partial charge on any atom is -0.111 e. The molecule has 4 heteroatoms. The first-order valence-corrected chi connectivity index (χ1v) is 4.17. The second-order valence-electron chi connectivity index (χ2n) is 2.78. The Bertz CT molecular complexity index is 329. The average Bonchev–Trinajstić information content (AvgIpc) is 2.69. The monoisotopic (exact) mass is 173 g/mol. The van der Waals surface area contributed by atoms with Crippen LogP contribution in [0.3, 0.4) is 0 Å². The van der Waals surface area contributed by atoms with E-state index < -0.39 is 0 Å².